The maximum Gasteiger partial charge on any atom is 0.272 e. The average molecular weight is 338 g/mol. The first-order chi connectivity index (χ1) is 12.0. The zero-order valence-electron chi connectivity index (χ0n) is 15.2. The van der Waals surface area contributed by atoms with Crippen molar-refractivity contribution in [3.63, 3.8) is 0 Å². The lowest BCUT2D eigenvalue weighted by Gasteiger charge is -2.19. The maximum absolute atomic E-state index is 10.2. The Hall–Kier alpha value is -2.49. The van der Waals surface area contributed by atoms with Gasteiger partial charge in [-0.15, -0.1) is 0 Å². The van der Waals surface area contributed by atoms with Gasteiger partial charge in [0, 0.05) is 17.3 Å². The van der Waals surface area contributed by atoms with Crippen molar-refractivity contribution in [1.82, 2.24) is 0 Å². The lowest BCUT2D eigenvalue weighted by atomic mass is 9.89. The number of benzene rings is 2. The minimum Gasteiger partial charge on any atom is -0.258 e. The summed E-state index contributed by atoms with van der Waals surface area (Å²) in [6.07, 6.45) is 5.00. The molecular weight excluding hydrogens is 312 g/mol. The molecule has 3 rings (SSSR count). The van der Waals surface area contributed by atoms with Crippen molar-refractivity contribution in [2.24, 2.45) is 10.9 Å². The van der Waals surface area contributed by atoms with E-state index in [1.54, 1.807) is 25.1 Å². The molecule has 0 amide bonds. The second-order valence-electron chi connectivity index (χ2n) is 6.69. The Morgan fingerprint density at radius 1 is 0.960 bits per heavy atom. The van der Waals surface area contributed by atoms with Gasteiger partial charge in [0.1, 0.15) is 0 Å². The van der Waals surface area contributed by atoms with Crippen LogP contribution in [0.4, 0.5) is 11.4 Å². The van der Waals surface area contributed by atoms with Gasteiger partial charge in [-0.25, -0.2) is 0 Å². The van der Waals surface area contributed by atoms with Gasteiger partial charge in [-0.1, -0.05) is 43.3 Å². The zero-order valence-corrected chi connectivity index (χ0v) is 15.2. The van der Waals surface area contributed by atoms with Gasteiger partial charge in [-0.3, -0.25) is 15.1 Å². The van der Waals surface area contributed by atoms with Gasteiger partial charge in [-0.05, 0) is 57.1 Å². The van der Waals surface area contributed by atoms with Crippen LogP contribution in [0.25, 0.3) is 0 Å². The van der Waals surface area contributed by atoms with Crippen molar-refractivity contribution < 1.29 is 4.92 Å². The molecule has 0 aliphatic heterocycles. The minimum absolute atomic E-state index is 0.183. The van der Waals surface area contributed by atoms with Crippen molar-refractivity contribution in [3.05, 3.63) is 69.8 Å². The summed E-state index contributed by atoms with van der Waals surface area (Å²) in [4.78, 5) is 14.6. The van der Waals surface area contributed by atoms with Gasteiger partial charge in [0.05, 0.1) is 10.6 Å². The normalized spacial score (nSPS) is 16.6. The van der Waals surface area contributed by atoms with E-state index in [0.717, 1.165) is 11.6 Å². The number of aryl methyl sites for hydroxylation is 2. The first-order valence-corrected chi connectivity index (χ1v) is 8.79. The molecule has 1 aliphatic carbocycles. The molecular formula is C21H26N2O2. The van der Waals surface area contributed by atoms with Gasteiger partial charge < -0.3 is 0 Å². The van der Waals surface area contributed by atoms with Crippen LogP contribution < -0.4 is 0 Å². The van der Waals surface area contributed by atoms with Crippen LogP contribution in [0, 0.1) is 29.9 Å². The molecule has 0 atom stereocenters. The number of aliphatic imine (C=N–C) groups is 1. The smallest absolute Gasteiger partial charge is 0.258 e. The van der Waals surface area contributed by atoms with Crippen LogP contribution in [0.5, 0.6) is 0 Å². The highest BCUT2D eigenvalue weighted by Crippen LogP contribution is 2.25. The van der Waals surface area contributed by atoms with Crippen LogP contribution in [0.15, 0.2) is 53.5 Å². The molecule has 0 saturated heterocycles. The third kappa shape index (κ3) is 5.82. The van der Waals surface area contributed by atoms with E-state index in [1.807, 2.05) is 0 Å². The van der Waals surface area contributed by atoms with Gasteiger partial charge >= 0.3 is 0 Å². The van der Waals surface area contributed by atoms with Gasteiger partial charge in [0.25, 0.3) is 5.69 Å². The average Bonchev–Trinajstić information content (AvgIpc) is 2.60. The fraction of sp³-hybridized carbons (Fsp3) is 0.381. The fourth-order valence-corrected chi connectivity index (χ4v) is 2.83. The lowest BCUT2D eigenvalue weighted by Crippen LogP contribution is -2.11. The van der Waals surface area contributed by atoms with E-state index in [9.17, 15) is 10.1 Å². The third-order valence-electron chi connectivity index (χ3n) is 4.56. The highest BCUT2D eigenvalue weighted by atomic mass is 16.6. The quantitative estimate of drug-likeness (QED) is 0.485. The third-order valence-corrected chi connectivity index (χ3v) is 4.56. The number of nitrogens with zero attached hydrogens (tertiary/aromatic N) is 2. The highest BCUT2D eigenvalue weighted by molar-refractivity contribution is 5.87. The molecule has 1 fully saturated rings. The molecule has 1 saturated carbocycles. The lowest BCUT2D eigenvalue weighted by molar-refractivity contribution is -0.385. The Labute approximate surface area is 149 Å². The first-order valence-electron chi connectivity index (χ1n) is 8.79. The summed E-state index contributed by atoms with van der Waals surface area (Å²) >= 11 is 0. The van der Waals surface area contributed by atoms with Crippen LogP contribution in [-0.4, -0.2) is 10.6 Å². The molecule has 2 aromatic rings. The topological polar surface area (TPSA) is 55.5 Å². The number of nitro groups is 1. The van der Waals surface area contributed by atoms with Crippen LogP contribution in [0.1, 0.15) is 43.7 Å². The zero-order chi connectivity index (χ0) is 18.2. The number of para-hydroxylation sites is 2. The maximum atomic E-state index is 10.2. The Bertz CT molecular complexity index is 743. The summed E-state index contributed by atoms with van der Waals surface area (Å²) in [6, 6.07) is 15.0. The van der Waals surface area contributed by atoms with Crippen molar-refractivity contribution in [2.45, 2.75) is 46.5 Å². The van der Waals surface area contributed by atoms with E-state index in [4.69, 9.17) is 4.99 Å². The molecule has 0 aromatic heterocycles. The highest BCUT2D eigenvalue weighted by Gasteiger charge is 2.13. The summed E-state index contributed by atoms with van der Waals surface area (Å²) in [5.41, 5.74) is 4.71. The first kappa shape index (κ1) is 18.8. The molecule has 0 N–H and O–H groups in total. The Kier molecular flexibility index (Phi) is 6.87. The van der Waals surface area contributed by atoms with E-state index in [0.29, 0.717) is 5.56 Å². The summed E-state index contributed by atoms with van der Waals surface area (Å²) in [5, 5.41) is 10.2. The largest absolute Gasteiger partial charge is 0.272 e. The Morgan fingerprint density at radius 3 is 2.04 bits per heavy atom. The summed E-state index contributed by atoms with van der Waals surface area (Å²) in [5.74, 6) is 0.890. The van der Waals surface area contributed by atoms with Crippen molar-refractivity contribution >= 4 is 17.1 Å². The van der Waals surface area contributed by atoms with Crippen LogP contribution >= 0.6 is 0 Å². The van der Waals surface area contributed by atoms with E-state index >= 15 is 0 Å². The fourth-order valence-electron chi connectivity index (χ4n) is 2.83. The number of nitro benzene ring substituents is 1. The molecule has 0 unspecified atom stereocenters. The van der Waals surface area contributed by atoms with Gasteiger partial charge in [-0.2, -0.15) is 0 Å². The summed E-state index contributed by atoms with van der Waals surface area (Å²) < 4.78 is 0. The molecule has 4 heteroatoms. The molecule has 25 heavy (non-hydrogen) atoms. The number of hydrogen-bond donors (Lipinski definition) is 0. The predicted molar refractivity (Wildman–Crippen MR) is 104 cm³/mol. The van der Waals surface area contributed by atoms with E-state index < -0.39 is 0 Å². The standard InChI is InChI=1S/C14H19N.C7H7NO2/c1-11-7-9-13(10-8-11)15-14-6-4-3-5-12(14)2;1-6-4-2-3-5-7(6)8(9)10/h3-6,11H,7-10H2,1-2H3;2-5H,1H3. The second kappa shape index (κ2) is 9.11. The number of hydrogen-bond acceptors (Lipinski definition) is 3. The van der Waals surface area contributed by atoms with E-state index in [-0.39, 0.29) is 10.6 Å². The van der Waals surface area contributed by atoms with Crippen molar-refractivity contribution in [3.8, 4) is 0 Å². The molecule has 0 bridgehead atoms. The van der Waals surface area contributed by atoms with Gasteiger partial charge in [0.2, 0.25) is 0 Å². The second-order valence-corrected chi connectivity index (χ2v) is 6.69. The molecule has 132 valence electrons. The van der Waals surface area contributed by atoms with Crippen LogP contribution in [-0.2, 0) is 0 Å². The molecule has 1 aliphatic rings. The van der Waals surface area contributed by atoms with Crippen LogP contribution in [0.2, 0.25) is 0 Å². The molecule has 0 spiro atoms. The number of rotatable bonds is 2. The van der Waals surface area contributed by atoms with E-state index in [1.165, 1.54) is 43.0 Å². The van der Waals surface area contributed by atoms with Crippen molar-refractivity contribution in [2.75, 3.05) is 0 Å². The minimum atomic E-state index is -0.380. The van der Waals surface area contributed by atoms with Gasteiger partial charge in [0.15, 0.2) is 0 Å². The molecule has 2 aromatic carbocycles. The monoisotopic (exact) mass is 338 g/mol. The molecule has 0 heterocycles. The molecule has 4 nitrogen and oxygen atoms in total. The predicted octanol–water partition coefficient (Wildman–Crippen LogP) is 6.18. The SMILES string of the molecule is Cc1ccccc1N=C1CCC(C)CC1.Cc1ccccc1[N+](=O)[O-]. The summed E-state index contributed by atoms with van der Waals surface area (Å²) in [6.45, 7) is 6.19. The molecule has 0 radical (unpaired) electrons. The summed E-state index contributed by atoms with van der Waals surface area (Å²) in [7, 11) is 0. The van der Waals surface area contributed by atoms with E-state index in [2.05, 4.69) is 38.1 Å². The Morgan fingerprint density at radius 2 is 1.52 bits per heavy atom. The Balaban J connectivity index is 0.000000196. The van der Waals surface area contributed by atoms with Crippen LogP contribution in [0.3, 0.4) is 0 Å². The van der Waals surface area contributed by atoms with Crippen molar-refractivity contribution in [1.29, 1.82) is 0 Å².